The third kappa shape index (κ3) is 18.4. The van der Waals surface area contributed by atoms with Crippen molar-refractivity contribution in [1.82, 2.24) is 0 Å². The molecule has 0 radical (unpaired) electrons. The van der Waals surface area contributed by atoms with Gasteiger partial charge in [-0.2, -0.15) is 0 Å². The first-order chi connectivity index (χ1) is 4.13. The third-order valence-corrected chi connectivity index (χ3v) is 0.943. The summed E-state index contributed by atoms with van der Waals surface area (Å²) in [6.07, 6.45) is 9.36. The van der Waals surface area contributed by atoms with E-state index in [4.69, 9.17) is 0 Å². The lowest BCUT2D eigenvalue weighted by Crippen LogP contribution is -1.93. The summed E-state index contributed by atoms with van der Waals surface area (Å²) >= 11 is 0. The van der Waals surface area contributed by atoms with Crippen molar-refractivity contribution in [3.05, 3.63) is 0 Å². The van der Waals surface area contributed by atoms with E-state index < -0.39 is 0 Å². The van der Waals surface area contributed by atoms with Crippen LogP contribution in [0.15, 0.2) is 0 Å². The maximum Gasteiger partial charge on any atom is -0.0469 e. The van der Waals surface area contributed by atoms with Gasteiger partial charge in [-0.3, -0.25) is 0 Å². The van der Waals surface area contributed by atoms with E-state index in [1.165, 1.54) is 6.42 Å². The fourth-order valence-electron chi connectivity index (χ4n) is 0.943. The first-order valence-electron chi connectivity index (χ1n) is 3.46. The largest absolute Gasteiger partial charge is 0.124 e. The van der Waals surface area contributed by atoms with Crippen molar-refractivity contribution in [2.24, 2.45) is 11.8 Å². The minimum absolute atomic E-state index is 0.875. The quantitative estimate of drug-likeness (QED) is 0.499. The predicted octanol–water partition coefficient (Wildman–Crippen LogP) is 2.94. The molecule has 0 nitrogen and oxygen atoms in total. The van der Waals surface area contributed by atoms with Crippen LogP contribution < -0.4 is 0 Å². The molecule has 0 aromatic rings. The first kappa shape index (κ1) is 11.4. The van der Waals surface area contributed by atoms with E-state index >= 15 is 0 Å². The van der Waals surface area contributed by atoms with E-state index in [1.54, 1.807) is 0 Å². The smallest absolute Gasteiger partial charge is 0.0469 e. The van der Waals surface area contributed by atoms with E-state index in [1.807, 2.05) is 0 Å². The third-order valence-electron chi connectivity index (χ3n) is 0.943. The second-order valence-corrected chi connectivity index (χ2v) is 3.02. The summed E-state index contributed by atoms with van der Waals surface area (Å²) in [5.74, 6) is 1.75. The van der Waals surface area contributed by atoms with E-state index in [0.717, 1.165) is 11.8 Å². The zero-order valence-corrected chi connectivity index (χ0v) is 7.02. The Morgan fingerprint density at radius 1 is 0.889 bits per heavy atom. The molecule has 54 valence electrons. The Morgan fingerprint density at radius 3 is 1.11 bits per heavy atom. The molecule has 0 amide bonds. The van der Waals surface area contributed by atoms with Gasteiger partial charge in [-0.1, -0.05) is 27.7 Å². The molecule has 0 heterocycles. The summed E-state index contributed by atoms with van der Waals surface area (Å²) < 4.78 is 0. The van der Waals surface area contributed by atoms with Gasteiger partial charge >= 0.3 is 0 Å². The topological polar surface area (TPSA) is 0 Å². The first-order valence-corrected chi connectivity index (χ1v) is 3.46. The molecule has 0 saturated carbocycles. The summed E-state index contributed by atoms with van der Waals surface area (Å²) in [4.78, 5) is 0. The molecule has 0 spiro atoms. The molecule has 0 heteroatoms. The molecule has 0 atom stereocenters. The van der Waals surface area contributed by atoms with Gasteiger partial charge in [0.25, 0.3) is 0 Å². The molecule has 0 aliphatic carbocycles. The molecule has 0 aromatic heterocycles. The lowest BCUT2D eigenvalue weighted by Gasteiger charge is -2.05. The van der Waals surface area contributed by atoms with Crippen LogP contribution in [0.5, 0.6) is 0 Å². The van der Waals surface area contributed by atoms with E-state index in [2.05, 4.69) is 40.5 Å². The molecular formula is C9H18. The van der Waals surface area contributed by atoms with Crippen LogP contribution in [0.4, 0.5) is 0 Å². The Morgan fingerprint density at radius 2 is 1.11 bits per heavy atom. The zero-order chi connectivity index (χ0) is 7.86. The molecule has 0 saturated heterocycles. The second-order valence-electron chi connectivity index (χ2n) is 3.02. The van der Waals surface area contributed by atoms with Gasteiger partial charge in [0.15, 0.2) is 0 Å². The highest BCUT2D eigenvalue weighted by Gasteiger charge is 1.95. The van der Waals surface area contributed by atoms with Gasteiger partial charge < -0.3 is 0 Å². The van der Waals surface area contributed by atoms with Gasteiger partial charge in [-0.05, 0) is 18.3 Å². The van der Waals surface area contributed by atoms with Gasteiger partial charge in [-0.15, -0.1) is 12.8 Å². The number of hydrogen-bond acceptors (Lipinski definition) is 0. The van der Waals surface area contributed by atoms with Crippen LogP contribution in [0.1, 0.15) is 34.1 Å². The fraction of sp³-hybridized carbons (Fsp3) is 0.778. The maximum absolute atomic E-state index is 4.00. The maximum atomic E-state index is 4.00. The molecule has 0 aliphatic heterocycles. The highest BCUT2D eigenvalue weighted by molar-refractivity contribution is 4.47. The predicted molar refractivity (Wildman–Crippen MR) is 44.2 cm³/mol. The van der Waals surface area contributed by atoms with Crippen molar-refractivity contribution in [3.63, 3.8) is 0 Å². The van der Waals surface area contributed by atoms with Crippen LogP contribution in [0, 0.1) is 24.7 Å². The van der Waals surface area contributed by atoms with Gasteiger partial charge in [-0.25, -0.2) is 0 Å². The monoisotopic (exact) mass is 126 g/mol. The average molecular weight is 126 g/mol. The van der Waals surface area contributed by atoms with Gasteiger partial charge in [0, 0.05) is 0 Å². The van der Waals surface area contributed by atoms with Gasteiger partial charge in [0.05, 0.1) is 0 Å². The van der Waals surface area contributed by atoms with Crippen LogP contribution in [0.2, 0.25) is 0 Å². The minimum Gasteiger partial charge on any atom is -0.124 e. The Balaban J connectivity index is 0. The molecule has 0 aliphatic rings. The van der Waals surface area contributed by atoms with Crippen LogP contribution in [0.3, 0.4) is 0 Å². The molecule has 0 aromatic carbocycles. The molecular weight excluding hydrogens is 108 g/mol. The molecule has 0 N–H and O–H groups in total. The number of terminal acetylenes is 1. The Labute approximate surface area is 59.7 Å². The minimum atomic E-state index is 0.875. The van der Waals surface area contributed by atoms with Crippen LogP contribution in [-0.4, -0.2) is 0 Å². The molecule has 0 fully saturated rings. The second kappa shape index (κ2) is 7.56. The lowest BCUT2D eigenvalue weighted by molar-refractivity contribution is 0.469. The summed E-state index contributed by atoms with van der Waals surface area (Å²) in [6.45, 7) is 9.06. The van der Waals surface area contributed by atoms with E-state index in [-0.39, 0.29) is 0 Å². The number of hydrogen-bond donors (Lipinski definition) is 0. The van der Waals surface area contributed by atoms with Crippen molar-refractivity contribution in [2.45, 2.75) is 34.1 Å². The average Bonchev–Trinajstić information content (AvgIpc) is 1.68. The van der Waals surface area contributed by atoms with Crippen molar-refractivity contribution in [2.75, 3.05) is 0 Å². The molecule has 9 heavy (non-hydrogen) atoms. The SMILES string of the molecule is C#C.CC(C)CC(C)C. The van der Waals surface area contributed by atoms with Crippen LogP contribution in [-0.2, 0) is 0 Å². The van der Waals surface area contributed by atoms with Crippen LogP contribution in [0.25, 0.3) is 0 Å². The van der Waals surface area contributed by atoms with E-state index in [0.29, 0.717) is 0 Å². The van der Waals surface area contributed by atoms with Gasteiger partial charge in [0.2, 0.25) is 0 Å². The number of rotatable bonds is 2. The highest BCUT2D eigenvalue weighted by atomic mass is 14.0. The van der Waals surface area contributed by atoms with Crippen molar-refractivity contribution in [3.8, 4) is 12.8 Å². The highest BCUT2D eigenvalue weighted by Crippen LogP contribution is 2.08. The molecule has 0 rings (SSSR count). The van der Waals surface area contributed by atoms with Gasteiger partial charge in [0.1, 0.15) is 0 Å². The molecule has 0 bridgehead atoms. The lowest BCUT2D eigenvalue weighted by atomic mass is 10.0. The van der Waals surface area contributed by atoms with Crippen molar-refractivity contribution >= 4 is 0 Å². The molecule has 0 unspecified atom stereocenters. The summed E-state index contributed by atoms with van der Waals surface area (Å²) in [6, 6.07) is 0. The summed E-state index contributed by atoms with van der Waals surface area (Å²) in [5, 5.41) is 0. The summed E-state index contributed by atoms with van der Waals surface area (Å²) in [5.41, 5.74) is 0. The Kier molecular flexibility index (Phi) is 9.55. The fourth-order valence-corrected chi connectivity index (χ4v) is 0.943. The van der Waals surface area contributed by atoms with Crippen molar-refractivity contribution in [1.29, 1.82) is 0 Å². The van der Waals surface area contributed by atoms with E-state index in [9.17, 15) is 0 Å². The van der Waals surface area contributed by atoms with Crippen LogP contribution >= 0.6 is 0 Å². The normalized spacial score (nSPS) is 8.89. The standard InChI is InChI=1S/C7H16.C2H2/c1-6(2)5-7(3)4;1-2/h6-7H,5H2,1-4H3;1-2H. The Hall–Kier alpha value is -0.440. The zero-order valence-electron chi connectivity index (χ0n) is 7.02. The Bertz CT molecular complexity index is 51.7. The van der Waals surface area contributed by atoms with Crippen molar-refractivity contribution < 1.29 is 0 Å². The summed E-state index contributed by atoms with van der Waals surface area (Å²) in [7, 11) is 0.